The van der Waals surface area contributed by atoms with Gasteiger partial charge in [0, 0.05) is 11.8 Å². The Kier molecular flexibility index (Phi) is 4.74. The molecule has 9 heteroatoms. The van der Waals surface area contributed by atoms with Gasteiger partial charge in [-0.25, -0.2) is 4.98 Å². The van der Waals surface area contributed by atoms with Crippen LogP contribution in [-0.4, -0.2) is 15.5 Å². The van der Waals surface area contributed by atoms with Crippen LogP contribution in [0, 0.1) is 6.92 Å². The number of hydrogen-bond donors (Lipinski definition) is 1. The van der Waals surface area contributed by atoms with E-state index in [9.17, 15) is 22.8 Å². The van der Waals surface area contributed by atoms with Crippen molar-refractivity contribution >= 4 is 23.2 Å². The predicted octanol–water partition coefficient (Wildman–Crippen LogP) is 2.86. The summed E-state index contributed by atoms with van der Waals surface area (Å²) in [6, 6.07) is 3.83. The van der Waals surface area contributed by atoms with Crippen LogP contribution in [0.4, 0.5) is 18.9 Å². The molecule has 0 unspecified atom stereocenters. The van der Waals surface area contributed by atoms with Crippen LogP contribution >= 0.6 is 11.6 Å². The Morgan fingerprint density at radius 1 is 1.35 bits per heavy atom. The maximum atomic E-state index is 12.7. The SMILES string of the molecule is Cc1cc(=O)n(CC(=O)Nc2cc(C(F)(F)F)ccc2Cl)cn1. The number of nitrogens with zero attached hydrogens (tertiary/aromatic N) is 2. The average molecular weight is 346 g/mol. The fraction of sp³-hybridized carbons (Fsp3) is 0.214. The average Bonchev–Trinajstić information content (AvgIpc) is 2.43. The van der Waals surface area contributed by atoms with Crippen molar-refractivity contribution in [2.24, 2.45) is 0 Å². The Hall–Kier alpha value is -2.35. The number of carbonyl (C=O) groups excluding carboxylic acids is 1. The Bertz CT molecular complexity index is 803. The van der Waals surface area contributed by atoms with E-state index in [1.54, 1.807) is 6.92 Å². The largest absolute Gasteiger partial charge is 0.416 e. The topological polar surface area (TPSA) is 64.0 Å². The summed E-state index contributed by atoms with van der Waals surface area (Å²) in [6.07, 6.45) is -3.37. The zero-order chi connectivity index (χ0) is 17.2. The van der Waals surface area contributed by atoms with Crippen LogP contribution in [0.3, 0.4) is 0 Å². The quantitative estimate of drug-likeness (QED) is 0.930. The number of aryl methyl sites for hydroxylation is 1. The van der Waals surface area contributed by atoms with Gasteiger partial charge >= 0.3 is 6.18 Å². The van der Waals surface area contributed by atoms with Gasteiger partial charge in [-0.2, -0.15) is 13.2 Å². The van der Waals surface area contributed by atoms with Gasteiger partial charge in [0.2, 0.25) is 5.91 Å². The number of carbonyl (C=O) groups is 1. The third-order valence-electron chi connectivity index (χ3n) is 2.90. The lowest BCUT2D eigenvalue weighted by molar-refractivity contribution is -0.137. The predicted molar refractivity (Wildman–Crippen MR) is 78.3 cm³/mol. The van der Waals surface area contributed by atoms with E-state index >= 15 is 0 Å². The van der Waals surface area contributed by atoms with E-state index in [0.29, 0.717) is 5.69 Å². The van der Waals surface area contributed by atoms with E-state index in [2.05, 4.69) is 10.3 Å². The van der Waals surface area contributed by atoms with Gasteiger partial charge in [-0.15, -0.1) is 0 Å². The molecule has 122 valence electrons. The van der Waals surface area contributed by atoms with Crippen molar-refractivity contribution in [3.8, 4) is 0 Å². The Balaban J connectivity index is 2.18. The van der Waals surface area contributed by atoms with Crippen molar-refractivity contribution in [3.63, 3.8) is 0 Å². The summed E-state index contributed by atoms with van der Waals surface area (Å²) in [7, 11) is 0. The number of halogens is 4. The van der Waals surface area contributed by atoms with Crippen molar-refractivity contribution in [3.05, 3.63) is 57.2 Å². The van der Waals surface area contributed by atoms with Crippen molar-refractivity contribution in [2.75, 3.05) is 5.32 Å². The number of benzene rings is 1. The molecular weight excluding hydrogens is 335 g/mol. The van der Waals surface area contributed by atoms with Crippen molar-refractivity contribution in [1.29, 1.82) is 0 Å². The summed E-state index contributed by atoms with van der Waals surface area (Å²) in [6.45, 7) is 1.23. The number of alkyl halides is 3. The molecule has 0 aliphatic carbocycles. The molecule has 5 nitrogen and oxygen atoms in total. The van der Waals surface area contributed by atoms with Crippen LogP contribution in [-0.2, 0) is 17.5 Å². The van der Waals surface area contributed by atoms with Crippen LogP contribution < -0.4 is 10.9 Å². The van der Waals surface area contributed by atoms with Gasteiger partial charge in [0.05, 0.1) is 22.6 Å². The van der Waals surface area contributed by atoms with E-state index in [1.165, 1.54) is 12.4 Å². The molecule has 0 saturated carbocycles. The van der Waals surface area contributed by atoms with Gasteiger partial charge in [0.15, 0.2) is 0 Å². The van der Waals surface area contributed by atoms with Crippen molar-refractivity contribution in [1.82, 2.24) is 9.55 Å². The number of aromatic nitrogens is 2. The highest BCUT2D eigenvalue weighted by Crippen LogP contribution is 2.33. The number of amides is 1. The molecule has 1 amide bonds. The van der Waals surface area contributed by atoms with Gasteiger partial charge in [-0.3, -0.25) is 14.2 Å². The summed E-state index contributed by atoms with van der Waals surface area (Å²) < 4.78 is 39.0. The Morgan fingerprint density at radius 3 is 2.65 bits per heavy atom. The second kappa shape index (κ2) is 6.41. The summed E-state index contributed by atoms with van der Waals surface area (Å²) in [5, 5.41) is 2.21. The van der Waals surface area contributed by atoms with E-state index in [0.717, 1.165) is 22.8 Å². The molecular formula is C14H11ClF3N3O2. The molecule has 0 saturated heterocycles. The first kappa shape index (κ1) is 17.0. The van der Waals surface area contributed by atoms with Gasteiger partial charge in [-0.1, -0.05) is 11.6 Å². The minimum absolute atomic E-state index is 0.0410. The summed E-state index contributed by atoms with van der Waals surface area (Å²) in [4.78, 5) is 27.4. The summed E-state index contributed by atoms with van der Waals surface area (Å²) in [5.74, 6) is -0.695. The normalized spacial score (nSPS) is 11.3. The second-order valence-electron chi connectivity index (χ2n) is 4.74. The van der Waals surface area contributed by atoms with Gasteiger partial charge in [-0.05, 0) is 25.1 Å². The Labute approximate surface area is 133 Å². The lowest BCUT2D eigenvalue weighted by atomic mass is 10.2. The third kappa shape index (κ3) is 4.32. The molecule has 23 heavy (non-hydrogen) atoms. The van der Waals surface area contributed by atoms with E-state index in [4.69, 9.17) is 11.6 Å². The van der Waals surface area contributed by atoms with Crippen LogP contribution in [0.5, 0.6) is 0 Å². The highest BCUT2D eigenvalue weighted by atomic mass is 35.5. The zero-order valence-electron chi connectivity index (χ0n) is 11.8. The molecule has 1 heterocycles. The molecule has 1 aromatic heterocycles. The first-order chi connectivity index (χ1) is 10.7. The van der Waals surface area contributed by atoms with E-state index < -0.39 is 29.8 Å². The number of hydrogen-bond acceptors (Lipinski definition) is 3. The first-order valence-electron chi connectivity index (χ1n) is 6.36. The summed E-state index contributed by atoms with van der Waals surface area (Å²) in [5.41, 5.74) is -1.07. The van der Waals surface area contributed by atoms with Crippen LogP contribution in [0.2, 0.25) is 5.02 Å². The minimum Gasteiger partial charge on any atom is -0.323 e. The molecule has 0 bridgehead atoms. The number of nitrogens with one attached hydrogen (secondary N) is 1. The molecule has 2 aromatic rings. The smallest absolute Gasteiger partial charge is 0.323 e. The number of rotatable bonds is 3. The van der Waals surface area contributed by atoms with Crippen LogP contribution in [0.1, 0.15) is 11.3 Å². The Morgan fingerprint density at radius 2 is 2.04 bits per heavy atom. The van der Waals surface area contributed by atoms with Gasteiger partial charge in [0.25, 0.3) is 5.56 Å². The van der Waals surface area contributed by atoms with Gasteiger partial charge < -0.3 is 5.32 Å². The lowest BCUT2D eigenvalue weighted by Crippen LogP contribution is -2.27. The molecule has 1 N–H and O–H groups in total. The highest BCUT2D eigenvalue weighted by Gasteiger charge is 2.31. The molecule has 0 atom stereocenters. The molecule has 0 aliphatic heterocycles. The molecule has 1 aromatic carbocycles. The van der Waals surface area contributed by atoms with Gasteiger partial charge in [0.1, 0.15) is 6.54 Å². The molecule has 0 spiro atoms. The fourth-order valence-corrected chi connectivity index (χ4v) is 1.94. The lowest BCUT2D eigenvalue weighted by Gasteiger charge is -2.12. The number of anilines is 1. The molecule has 0 aliphatic rings. The van der Waals surface area contributed by atoms with E-state index in [-0.39, 0.29) is 10.7 Å². The minimum atomic E-state index is -4.55. The van der Waals surface area contributed by atoms with E-state index in [1.807, 2.05) is 0 Å². The molecule has 0 fully saturated rings. The zero-order valence-corrected chi connectivity index (χ0v) is 12.6. The highest BCUT2D eigenvalue weighted by molar-refractivity contribution is 6.33. The van der Waals surface area contributed by atoms with Crippen molar-refractivity contribution in [2.45, 2.75) is 19.6 Å². The second-order valence-corrected chi connectivity index (χ2v) is 5.14. The van der Waals surface area contributed by atoms with Crippen LogP contribution in [0.25, 0.3) is 0 Å². The standard InChI is InChI=1S/C14H11ClF3N3O2/c1-8-4-13(23)21(7-19-8)6-12(22)20-11-5-9(14(16,17)18)2-3-10(11)15/h2-5,7H,6H2,1H3,(H,20,22). The maximum absolute atomic E-state index is 12.7. The first-order valence-corrected chi connectivity index (χ1v) is 6.74. The van der Waals surface area contributed by atoms with Crippen LogP contribution in [0.15, 0.2) is 35.4 Å². The maximum Gasteiger partial charge on any atom is 0.416 e. The third-order valence-corrected chi connectivity index (χ3v) is 3.23. The fourth-order valence-electron chi connectivity index (χ4n) is 1.78. The monoisotopic (exact) mass is 345 g/mol. The molecule has 2 rings (SSSR count). The van der Waals surface area contributed by atoms with Crippen molar-refractivity contribution < 1.29 is 18.0 Å². The summed E-state index contributed by atoms with van der Waals surface area (Å²) >= 11 is 5.78. The molecule has 0 radical (unpaired) electrons.